The maximum Gasteiger partial charge on any atom is 0.216 e. The lowest BCUT2D eigenvalue weighted by Crippen LogP contribution is -2.51. The Kier molecular flexibility index (Phi) is 4.06. The van der Waals surface area contributed by atoms with Crippen LogP contribution >= 0.6 is 0 Å². The highest BCUT2D eigenvalue weighted by molar-refractivity contribution is 7.88. The molecule has 1 fully saturated rings. The van der Waals surface area contributed by atoms with Crippen LogP contribution in [0.1, 0.15) is 38.2 Å². The zero-order valence-electron chi connectivity index (χ0n) is 11.1. The van der Waals surface area contributed by atoms with Crippen LogP contribution in [0.4, 0.5) is 0 Å². The average Bonchev–Trinajstić information content (AvgIpc) is 2.78. The Bertz CT molecular complexity index is 545. The van der Waals surface area contributed by atoms with Gasteiger partial charge in [0.25, 0.3) is 0 Å². The summed E-state index contributed by atoms with van der Waals surface area (Å²) in [6.07, 6.45) is 3.01. The average molecular weight is 281 g/mol. The SMILES string of the molecule is CC(=O)C1(NS(=O)(=O)Cc2ccccc2)CCCC1. The molecule has 2 rings (SSSR count). The molecule has 0 radical (unpaired) electrons. The predicted molar refractivity (Wildman–Crippen MR) is 74.1 cm³/mol. The Labute approximate surface area is 114 Å². The quantitative estimate of drug-likeness (QED) is 0.898. The molecule has 0 saturated heterocycles. The van der Waals surface area contributed by atoms with Crippen LogP contribution in [0.3, 0.4) is 0 Å². The maximum absolute atomic E-state index is 12.2. The summed E-state index contributed by atoms with van der Waals surface area (Å²) in [4.78, 5) is 11.8. The number of Topliss-reactive ketones (excluding diaryl/α,β-unsaturated/α-hetero) is 1. The summed E-state index contributed by atoms with van der Waals surface area (Å²) in [5.74, 6) is -0.162. The van der Waals surface area contributed by atoms with Crippen molar-refractivity contribution in [1.82, 2.24) is 4.72 Å². The fraction of sp³-hybridized carbons (Fsp3) is 0.500. The van der Waals surface area contributed by atoms with Crippen LogP contribution in [0.25, 0.3) is 0 Å². The van der Waals surface area contributed by atoms with E-state index in [1.54, 1.807) is 24.3 Å². The highest BCUT2D eigenvalue weighted by atomic mass is 32.2. The fourth-order valence-corrected chi connectivity index (χ4v) is 4.28. The zero-order chi connectivity index (χ0) is 13.9. The van der Waals surface area contributed by atoms with E-state index in [1.807, 2.05) is 6.07 Å². The third-order valence-electron chi connectivity index (χ3n) is 3.68. The number of ketones is 1. The number of benzene rings is 1. The molecular formula is C14H19NO3S. The molecule has 1 aliphatic carbocycles. The number of hydrogen-bond donors (Lipinski definition) is 1. The monoisotopic (exact) mass is 281 g/mol. The van der Waals surface area contributed by atoms with E-state index in [0.29, 0.717) is 12.8 Å². The van der Waals surface area contributed by atoms with E-state index in [1.165, 1.54) is 6.92 Å². The molecule has 1 aromatic carbocycles. The van der Waals surface area contributed by atoms with Crippen LogP contribution in [0, 0.1) is 0 Å². The molecule has 1 saturated carbocycles. The summed E-state index contributed by atoms with van der Waals surface area (Å²) in [7, 11) is -3.49. The standard InChI is InChI=1S/C14H19NO3S/c1-12(16)14(9-5-6-10-14)15-19(17,18)11-13-7-3-2-4-8-13/h2-4,7-8,15H,5-6,9-11H2,1H3. The largest absolute Gasteiger partial charge is 0.298 e. The Morgan fingerprint density at radius 2 is 1.79 bits per heavy atom. The van der Waals surface area contributed by atoms with Crippen molar-refractivity contribution in [3.63, 3.8) is 0 Å². The minimum atomic E-state index is -3.49. The van der Waals surface area contributed by atoms with Crippen LogP contribution in [-0.2, 0) is 20.6 Å². The summed E-state index contributed by atoms with van der Waals surface area (Å²) in [5.41, 5.74) is -0.139. The van der Waals surface area contributed by atoms with Crippen molar-refractivity contribution in [2.24, 2.45) is 0 Å². The van der Waals surface area contributed by atoms with Gasteiger partial charge >= 0.3 is 0 Å². The first-order chi connectivity index (χ1) is 8.94. The van der Waals surface area contributed by atoms with E-state index < -0.39 is 15.6 Å². The molecule has 0 atom stereocenters. The molecule has 1 aromatic rings. The minimum absolute atomic E-state index is 0.0805. The van der Waals surface area contributed by atoms with Crippen molar-refractivity contribution in [3.05, 3.63) is 35.9 Å². The third kappa shape index (κ3) is 3.42. The van der Waals surface area contributed by atoms with Crippen LogP contribution < -0.4 is 4.72 Å². The molecule has 0 spiro atoms. The topological polar surface area (TPSA) is 63.2 Å². The van der Waals surface area contributed by atoms with E-state index in [0.717, 1.165) is 18.4 Å². The number of nitrogens with one attached hydrogen (secondary N) is 1. The lowest BCUT2D eigenvalue weighted by atomic mass is 9.95. The van der Waals surface area contributed by atoms with Crippen molar-refractivity contribution in [2.75, 3.05) is 0 Å². The Morgan fingerprint density at radius 3 is 2.32 bits per heavy atom. The molecule has 0 aliphatic heterocycles. The van der Waals surface area contributed by atoms with Crippen molar-refractivity contribution < 1.29 is 13.2 Å². The van der Waals surface area contributed by atoms with Gasteiger partial charge < -0.3 is 0 Å². The molecule has 104 valence electrons. The van der Waals surface area contributed by atoms with Crippen LogP contribution in [0.15, 0.2) is 30.3 Å². The van der Waals surface area contributed by atoms with Gasteiger partial charge in [0.05, 0.1) is 11.3 Å². The second kappa shape index (κ2) is 5.43. The van der Waals surface area contributed by atoms with E-state index in [-0.39, 0.29) is 11.5 Å². The number of sulfonamides is 1. The fourth-order valence-electron chi connectivity index (χ4n) is 2.63. The number of hydrogen-bond acceptors (Lipinski definition) is 3. The van der Waals surface area contributed by atoms with E-state index in [4.69, 9.17) is 0 Å². The van der Waals surface area contributed by atoms with E-state index in [2.05, 4.69) is 4.72 Å². The van der Waals surface area contributed by atoms with Crippen molar-refractivity contribution in [1.29, 1.82) is 0 Å². The Hall–Kier alpha value is -1.20. The predicted octanol–water partition coefficient (Wildman–Crippen LogP) is 2.01. The molecule has 0 heterocycles. The van der Waals surface area contributed by atoms with Gasteiger partial charge in [-0.05, 0) is 25.3 Å². The lowest BCUT2D eigenvalue weighted by Gasteiger charge is -2.27. The first-order valence-electron chi connectivity index (χ1n) is 6.50. The molecule has 0 bridgehead atoms. The first-order valence-corrected chi connectivity index (χ1v) is 8.15. The van der Waals surface area contributed by atoms with Crippen molar-refractivity contribution in [2.45, 2.75) is 43.9 Å². The normalized spacial score (nSPS) is 18.4. The number of rotatable bonds is 5. The van der Waals surface area contributed by atoms with E-state index in [9.17, 15) is 13.2 Å². The number of carbonyl (C=O) groups excluding carboxylic acids is 1. The highest BCUT2D eigenvalue weighted by Crippen LogP contribution is 2.31. The van der Waals surface area contributed by atoms with Gasteiger partial charge in [-0.3, -0.25) is 4.79 Å². The first kappa shape index (κ1) is 14.2. The summed E-state index contributed by atoms with van der Waals surface area (Å²) >= 11 is 0. The smallest absolute Gasteiger partial charge is 0.216 e. The van der Waals surface area contributed by atoms with Crippen LogP contribution in [-0.4, -0.2) is 19.7 Å². The summed E-state index contributed by atoms with van der Waals surface area (Å²) < 4.78 is 27.0. The lowest BCUT2D eigenvalue weighted by molar-refractivity contribution is -0.122. The van der Waals surface area contributed by atoms with Gasteiger partial charge in [-0.25, -0.2) is 13.1 Å². The van der Waals surface area contributed by atoms with Gasteiger partial charge in [-0.15, -0.1) is 0 Å². The van der Waals surface area contributed by atoms with Gasteiger partial charge in [-0.2, -0.15) is 0 Å². The van der Waals surface area contributed by atoms with Crippen molar-refractivity contribution in [3.8, 4) is 0 Å². The summed E-state index contributed by atoms with van der Waals surface area (Å²) in [5, 5.41) is 0. The van der Waals surface area contributed by atoms with Gasteiger partial charge in [0.15, 0.2) is 5.78 Å². The van der Waals surface area contributed by atoms with Crippen molar-refractivity contribution >= 4 is 15.8 Å². The summed E-state index contributed by atoms with van der Waals surface area (Å²) in [6.45, 7) is 1.47. The molecule has 1 aliphatic rings. The molecule has 1 N–H and O–H groups in total. The van der Waals surface area contributed by atoms with E-state index >= 15 is 0 Å². The molecule has 0 amide bonds. The van der Waals surface area contributed by atoms with Gasteiger partial charge in [0.2, 0.25) is 10.0 Å². The van der Waals surface area contributed by atoms with Gasteiger partial charge in [0, 0.05) is 0 Å². The molecule has 5 heteroatoms. The van der Waals surface area contributed by atoms with Gasteiger partial charge in [-0.1, -0.05) is 43.2 Å². The highest BCUT2D eigenvalue weighted by Gasteiger charge is 2.41. The molecular weight excluding hydrogens is 262 g/mol. The minimum Gasteiger partial charge on any atom is -0.298 e. The Balaban J connectivity index is 2.14. The second-order valence-corrected chi connectivity index (χ2v) is 6.91. The molecule has 19 heavy (non-hydrogen) atoms. The third-order valence-corrected chi connectivity index (χ3v) is 5.10. The zero-order valence-corrected chi connectivity index (χ0v) is 11.9. The Morgan fingerprint density at radius 1 is 1.21 bits per heavy atom. The maximum atomic E-state index is 12.2. The van der Waals surface area contributed by atoms with Crippen LogP contribution in [0.5, 0.6) is 0 Å². The van der Waals surface area contributed by atoms with Crippen LogP contribution in [0.2, 0.25) is 0 Å². The molecule has 4 nitrogen and oxygen atoms in total. The molecule has 0 aromatic heterocycles. The second-order valence-electron chi connectivity index (χ2n) is 5.19. The molecule has 0 unspecified atom stereocenters. The summed E-state index contributed by atoms with van der Waals surface area (Å²) in [6, 6.07) is 9.00. The van der Waals surface area contributed by atoms with Gasteiger partial charge in [0.1, 0.15) is 0 Å². The number of carbonyl (C=O) groups is 1.